The van der Waals surface area contributed by atoms with Crippen molar-refractivity contribution < 1.29 is 0 Å². The van der Waals surface area contributed by atoms with Gasteiger partial charge in [-0.15, -0.1) is 0 Å². The van der Waals surface area contributed by atoms with Crippen molar-refractivity contribution in [3.63, 3.8) is 0 Å². The van der Waals surface area contributed by atoms with Crippen LogP contribution < -0.4 is 5.73 Å². The van der Waals surface area contributed by atoms with Crippen molar-refractivity contribution in [1.29, 1.82) is 0 Å². The summed E-state index contributed by atoms with van der Waals surface area (Å²) in [6.45, 7) is 0. The van der Waals surface area contributed by atoms with Gasteiger partial charge in [-0.1, -0.05) is 6.42 Å². The summed E-state index contributed by atoms with van der Waals surface area (Å²) >= 11 is 0. The van der Waals surface area contributed by atoms with Crippen molar-refractivity contribution in [1.82, 2.24) is 0 Å². The van der Waals surface area contributed by atoms with E-state index < -0.39 is 0 Å². The van der Waals surface area contributed by atoms with E-state index in [1.54, 1.807) is 0 Å². The van der Waals surface area contributed by atoms with Crippen LogP contribution in [0, 0.1) is 11.8 Å². The van der Waals surface area contributed by atoms with Gasteiger partial charge in [0.15, 0.2) is 0 Å². The minimum absolute atomic E-state index is 0.567. The van der Waals surface area contributed by atoms with Gasteiger partial charge in [0.25, 0.3) is 0 Å². The Kier molecular flexibility index (Phi) is 1.26. The molecule has 9 heavy (non-hydrogen) atoms. The molecule has 0 aliphatic heterocycles. The quantitative estimate of drug-likeness (QED) is 0.565. The lowest BCUT2D eigenvalue weighted by atomic mass is 9.99. The first-order chi connectivity index (χ1) is 4.38. The Bertz CT molecular complexity index is 107. The van der Waals surface area contributed by atoms with Gasteiger partial charge in [-0.2, -0.15) is 0 Å². The molecule has 1 heteroatoms. The summed E-state index contributed by atoms with van der Waals surface area (Å²) in [5.74, 6) is 1.97. The monoisotopic (exact) mass is 125 g/mol. The Balaban J connectivity index is 1.93. The summed E-state index contributed by atoms with van der Waals surface area (Å²) in [7, 11) is 0. The molecule has 2 aliphatic rings. The maximum Gasteiger partial charge on any atom is 0.00698 e. The molecule has 2 aliphatic carbocycles. The molecule has 1 nitrogen and oxygen atoms in total. The minimum Gasteiger partial charge on any atom is -0.327 e. The molecule has 0 aromatic carbocycles. The fourth-order valence-corrected chi connectivity index (χ4v) is 2.13. The van der Waals surface area contributed by atoms with Crippen LogP contribution in [0.3, 0.4) is 0 Å². The predicted octanol–water partition coefficient (Wildman–Crippen LogP) is 1.52. The second-order valence-corrected chi connectivity index (χ2v) is 3.60. The summed E-state index contributed by atoms with van der Waals surface area (Å²) in [5.41, 5.74) is 5.92. The van der Waals surface area contributed by atoms with Crippen LogP contribution in [0.1, 0.15) is 32.1 Å². The zero-order chi connectivity index (χ0) is 6.27. The molecule has 0 heterocycles. The molecular weight excluding hydrogens is 110 g/mol. The molecule has 2 rings (SSSR count). The van der Waals surface area contributed by atoms with E-state index in [0.29, 0.717) is 6.04 Å². The van der Waals surface area contributed by atoms with E-state index >= 15 is 0 Å². The van der Waals surface area contributed by atoms with Crippen molar-refractivity contribution in [2.75, 3.05) is 0 Å². The zero-order valence-corrected chi connectivity index (χ0v) is 5.84. The van der Waals surface area contributed by atoms with E-state index in [1.807, 2.05) is 0 Å². The Morgan fingerprint density at radius 2 is 1.78 bits per heavy atom. The van der Waals surface area contributed by atoms with Crippen molar-refractivity contribution >= 4 is 0 Å². The molecule has 0 unspecified atom stereocenters. The lowest BCUT2D eigenvalue weighted by Gasteiger charge is -2.12. The van der Waals surface area contributed by atoms with E-state index in [0.717, 1.165) is 11.8 Å². The van der Waals surface area contributed by atoms with Gasteiger partial charge >= 0.3 is 0 Å². The third-order valence-electron chi connectivity index (χ3n) is 2.85. The maximum absolute atomic E-state index is 5.92. The van der Waals surface area contributed by atoms with Gasteiger partial charge in [0.1, 0.15) is 0 Å². The fourth-order valence-electron chi connectivity index (χ4n) is 2.13. The fraction of sp³-hybridized carbons (Fsp3) is 1.00. The second kappa shape index (κ2) is 1.98. The highest BCUT2D eigenvalue weighted by molar-refractivity contribution is 4.91. The molecule has 0 saturated heterocycles. The van der Waals surface area contributed by atoms with Crippen molar-refractivity contribution in [3.8, 4) is 0 Å². The van der Waals surface area contributed by atoms with E-state index in [1.165, 1.54) is 32.1 Å². The van der Waals surface area contributed by atoms with Gasteiger partial charge in [0.05, 0.1) is 0 Å². The summed E-state index contributed by atoms with van der Waals surface area (Å²) in [4.78, 5) is 0. The van der Waals surface area contributed by atoms with Gasteiger partial charge in [0.2, 0.25) is 0 Å². The molecule has 0 aromatic rings. The Hall–Kier alpha value is -0.0400. The molecule has 0 radical (unpaired) electrons. The van der Waals surface area contributed by atoms with Crippen LogP contribution >= 0.6 is 0 Å². The van der Waals surface area contributed by atoms with Crippen molar-refractivity contribution in [3.05, 3.63) is 0 Å². The van der Waals surface area contributed by atoms with Crippen LogP contribution in [0.25, 0.3) is 0 Å². The SMILES string of the molecule is N[C@@H]1CCC[C@@H]1C1CC1. The number of rotatable bonds is 1. The Morgan fingerprint density at radius 3 is 2.22 bits per heavy atom. The second-order valence-electron chi connectivity index (χ2n) is 3.60. The standard InChI is InChI=1S/C8H15N/c9-8-3-1-2-7(8)6-4-5-6/h6-8H,1-5,9H2/t7-,8-/m1/s1. The summed E-state index contributed by atoms with van der Waals surface area (Å²) in [5, 5.41) is 0. The van der Waals surface area contributed by atoms with Gasteiger partial charge in [0, 0.05) is 6.04 Å². The lowest BCUT2D eigenvalue weighted by Crippen LogP contribution is -2.25. The highest BCUT2D eigenvalue weighted by Gasteiger charge is 2.37. The van der Waals surface area contributed by atoms with Crippen molar-refractivity contribution in [2.24, 2.45) is 17.6 Å². The summed E-state index contributed by atoms with van der Waals surface area (Å²) in [6, 6.07) is 0.567. The van der Waals surface area contributed by atoms with Crippen LogP contribution in [0.4, 0.5) is 0 Å². The van der Waals surface area contributed by atoms with Gasteiger partial charge < -0.3 is 5.73 Å². The lowest BCUT2D eigenvalue weighted by molar-refractivity contribution is 0.425. The molecule has 0 amide bonds. The first-order valence-electron chi connectivity index (χ1n) is 4.13. The number of hydrogen-bond donors (Lipinski definition) is 1. The van der Waals surface area contributed by atoms with Crippen molar-refractivity contribution in [2.45, 2.75) is 38.1 Å². The van der Waals surface area contributed by atoms with E-state index in [9.17, 15) is 0 Å². The van der Waals surface area contributed by atoms with Gasteiger partial charge in [-0.25, -0.2) is 0 Å². The average molecular weight is 125 g/mol. The molecule has 0 bridgehead atoms. The first-order valence-corrected chi connectivity index (χ1v) is 4.13. The first kappa shape index (κ1) is 5.72. The normalized spacial score (nSPS) is 43.7. The molecule has 52 valence electrons. The molecular formula is C8H15N. The third-order valence-corrected chi connectivity index (χ3v) is 2.85. The third kappa shape index (κ3) is 0.983. The smallest absolute Gasteiger partial charge is 0.00698 e. The van der Waals surface area contributed by atoms with E-state index in [-0.39, 0.29) is 0 Å². The van der Waals surface area contributed by atoms with Crippen LogP contribution in [-0.2, 0) is 0 Å². The molecule has 0 aromatic heterocycles. The van der Waals surface area contributed by atoms with E-state index in [4.69, 9.17) is 5.73 Å². The van der Waals surface area contributed by atoms with Crippen LogP contribution in [0.5, 0.6) is 0 Å². The molecule has 2 saturated carbocycles. The van der Waals surface area contributed by atoms with E-state index in [2.05, 4.69) is 0 Å². The summed E-state index contributed by atoms with van der Waals surface area (Å²) < 4.78 is 0. The topological polar surface area (TPSA) is 26.0 Å². The number of hydrogen-bond acceptors (Lipinski definition) is 1. The highest BCUT2D eigenvalue weighted by atomic mass is 14.7. The average Bonchev–Trinajstić information content (AvgIpc) is 2.58. The maximum atomic E-state index is 5.92. The highest BCUT2D eigenvalue weighted by Crippen LogP contribution is 2.44. The zero-order valence-electron chi connectivity index (χ0n) is 5.84. The van der Waals surface area contributed by atoms with Crippen LogP contribution in [0.15, 0.2) is 0 Å². The van der Waals surface area contributed by atoms with Gasteiger partial charge in [-0.3, -0.25) is 0 Å². The molecule has 0 spiro atoms. The van der Waals surface area contributed by atoms with Crippen LogP contribution in [0.2, 0.25) is 0 Å². The Morgan fingerprint density at radius 1 is 1.00 bits per heavy atom. The Labute approximate surface area is 56.6 Å². The molecule has 2 fully saturated rings. The van der Waals surface area contributed by atoms with Crippen LogP contribution in [-0.4, -0.2) is 6.04 Å². The molecule has 2 atom stereocenters. The number of nitrogens with two attached hydrogens (primary N) is 1. The van der Waals surface area contributed by atoms with Gasteiger partial charge in [-0.05, 0) is 37.5 Å². The largest absolute Gasteiger partial charge is 0.327 e. The minimum atomic E-state index is 0.567. The predicted molar refractivity (Wildman–Crippen MR) is 38.0 cm³/mol. The summed E-state index contributed by atoms with van der Waals surface area (Å²) in [6.07, 6.45) is 7.05. The molecule has 2 N–H and O–H groups in total.